The van der Waals surface area contributed by atoms with Crippen LogP contribution < -0.4 is 0 Å². The highest BCUT2D eigenvalue weighted by molar-refractivity contribution is 8.00. The lowest BCUT2D eigenvalue weighted by molar-refractivity contribution is -0.137. The molecular formula is C13H14F3NO3S. The number of rotatable bonds is 6. The highest BCUT2D eigenvalue weighted by Gasteiger charge is 2.29. The molecular weight excluding hydrogens is 307 g/mol. The highest BCUT2D eigenvalue weighted by Crippen LogP contribution is 2.29. The van der Waals surface area contributed by atoms with Crippen molar-refractivity contribution >= 4 is 23.6 Å². The Morgan fingerprint density at radius 3 is 2.24 bits per heavy atom. The van der Waals surface area contributed by atoms with Gasteiger partial charge in [-0.2, -0.15) is 13.2 Å². The Kier molecular flexibility index (Phi) is 6.07. The molecule has 0 spiro atoms. The quantitative estimate of drug-likeness (QED) is 0.874. The maximum atomic E-state index is 12.4. The fourth-order valence-corrected chi connectivity index (χ4v) is 2.17. The molecule has 0 fully saturated rings. The van der Waals surface area contributed by atoms with Crippen LogP contribution in [0.25, 0.3) is 0 Å². The van der Waals surface area contributed by atoms with Crippen molar-refractivity contribution in [1.29, 1.82) is 0 Å². The molecule has 0 atom stereocenters. The molecule has 1 aromatic carbocycles. The Balaban J connectivity index is 2.52. The minimum absolute atomic E-state index is 0.0173. The van der Waals surface area contributed by atoms with E-state index in [-0.39, 0.29) is 24.0 Å². The van der Waals surface area contributed by atoms with Crippen molar-refractivity contribution < 1.29 is 27.9 Å². The lowest BCUT2D eigenvalue weighted by Crippen LogP contribution is -2.28. The van der Waals surface area contributed by atoms with E-state index in [1.165, 1.54) is 24.1 Å². The van der Waals surface area contributed by atoms with Crippen LogP contribution in [-0.2, 0) is 22.3 Å². The molecule has 0 saturated heterocycles. The summed E-state index contributed by atoms with van der Waals surface area (Å²) in [5, 5.41) is 8.45. The molecule has 0 aliphatic rings. The number of carboxylic acid groups (broad SMARTS) is 1. The monoisotopic (exact) mass is 321 g/mol. The van der Waals surface area contributed by atoms with Gasteiger partial charge in [0.2, 0.25) is 5.91 Å². The van der Waals surface area contributed by atoms with E-state index >= 15 is 0 Å². The topological polar surface area (TPSA) is 57.6 Å². The van der Waals surface area contributed by atoms with Crippen molar-refractivity contribution in [3.05, 3.63) is 35.4 Å². The standard InChI is InChI=1S/C13H14F3NO3S/c1-17(11(18)7-21-8-12(19)20)6-9-2-4-10(5-3-9)13(14,15)16/h2-5H,6-8H2,1H3,(H,19,20). The third-order valence-corrected chi connectivity index (χ3v) is 3.48. The van der Waals surface area contributed by atoms with Gasteiger partial charge in [0, 0.05) is 13.6 Å². The molecule has 1 N–H and O–H groups in total. The van der Waals surface area contributed by atoms with Gasteiger partial charge in [-0.15, -0.1) is 11.8 Å². The van der Waals surface area contributed by atoms with Gasteiger partial charge in [-0.25, -0.2) is 0 Å². The van der Waals surface area contributed by atoms with Crippen LogP contribution in [0.1, 0.15) is 11.1 Å². The lowest BCUT2D eigenvalue weighted by Gasteiger charge is -2.17. The summed E-state index contributed by atoms with van der Waals surface area (Å²) in [5.41, 5.74) is -0.167. The van der Waals surface area contributed by atoms with E-state index in [1.54, 1.807) is 0 Å². The average molecular weight is 321 g/mol. The van der Waals surface area contributed by atoms with Crippen LogP contribution in [-0.4, -0.2) is 40.4 Å². The van der Waals surface area contributed by atoms with E-state index in [2.05, 4.69) is 0 Å². The van der Waals surface area contributed by atoms with Crippen LogP contribution in [0.4, 0.5) is 13.2 Å². The molecule has 0 radical (unpaired) electrons. The lowest BCUT2D eigenvalue weighted by atomic mass is 10.1. The van der Waals surface area contributed by atoms with Gasteiger partial charge in [-0.3, -0.25) is 9.59 Å². The van der Waals surface area contributed by atoms with Crippen molar-refractivity contribution in [3.63, 3.8) is 0 Å². The zero-order valence-corrected chi connectivity index (χ0v) is 12.0. The zero-order chi connectivity index (χ0) is 16.0. The van der Waals surface area contributed by atoms with Crippen molar-refractivity contribution in [1.82, 2.24) is 4.90 Å². The second-order valence-electron chi connectivity index (χ2n) is 4.33. The minimum atomic E-state index is -4.38. The van der Waals surface area contributed by atoms with Crippen molar-refractivity contribution in [2.75, 3.05) is 18.6 Å². The molecule has 0 saturated carbocycles. The number of aliphatic carboxylic acids is 1. The van der Waals surface area contributed by atoms with Gasteiger partial charge in [0.25, 0.3) is 0 Å². The first-order valence-corrected chi connectivity index (χ1v) is 7.05. The first-order chi connectivity index (χ1) is 9.70. The number of alkyl halides is 3. The average Bonchev–Trinajstić information content (AvgIpc) is 2.37. The SMILES string of the molecule is CN(Cc1ccc(C(F)(F)F)cc1)C(=O)CSCC(=O)O. The van der Waals surface area contributed by atoms with E-state index in [0.29, 0.717) is 5.56 Å². The molecule has 0 unspecified atom stereocenters. The van der Waals surface area contributed by atoms with Gasteiger partial charge < -0.3 is 10.0 Å². The number of nitrogens with zero attached hydrogens (tertiary/aromatic N) is 1. The minimum Gasteiger partial charge on any atom is -0.481 e. The molecule has 116 valence electrons. The summed E-state index contributed by atoms with van der Waals surface area (Å²) in [6.07, 6.45) is -4.38. The maximum Gasteiger partial charge on any atom is 0.416 e. The highest BCUT2D eigenvalue weighted by atomic mass is 32.2. The van der Waals surface area contributed by atoms with E-state index < -0.39 is 17.7 Å². The first kappa shape index (κ1) is 17.4. The molecule has 0 aliphatic carbocycles. The molecule has 0 aliphatic heterocycles. The van der Waals surface area contributed by atoms with Gasteiger partial charge in [-0.1, -0.05) is 12.1 Å². The number of carbonyl (C=O) groups is 2. The molecule has 8 heteroatoms. The van der Waals surface area contributed by atoms with Crippen molar-refractivity contribution in [2.45, 2.75) is 12.7 Å². The van der Waals surface area contributed by atoms with E-state index in [4.69, 9.17) is 5.11 Å². The second-order valence-corrected chi connectivity index (χ2v) is 5.32. The smallest absolute Gasteiger partial charge is 0.416 e. The maximum absolute atomic E-state index is 12.4. The molecule has 0 aromatic heterocycles. The molecule has 1 aromatic rings. The summed E-state index contributed by atoms with van der Waals surface area (Å²) >= 11 is 0.975. The number of benzene rings is 1. The Hall–Kier alpha value is -1.70. The first-order valence-electron chi connectivity index (χ1n) is 5.90. The number of hydrogen-bond acceptors (Lipinski definition) is 3. The number of carboxylic acids is 1. The molecule has 1 rings (SSSR count). The number of hydrogen-bond donors (Lipinski definition) is 1. The Bertz CT molecular complexity index is 502. The van der Waals surface area contributed by atoms with Gasteiger partial charge >= 0.3 is 12.1 Å². The Morgan fingerprint density at radius 2 is 1.76 bits per heavy atom. The molecule has 1 amide bonds. The van der Waals surface area contributed by atoms with Crippen LogP contribution in [0, 0.1) is 0 Å². The molecule has 0 heterocycles. The largest absolute Gasteiger partial charge is 0.481 e. The van der Waals surface area contributed by atoms with Crippen molar-refractivity contribution in [3.8, 4) is 0 Å². The fraction of sp³-hybridized carbons (Fsp3) is 0.385. The predicted octanol–water partition coefficient (Wildman–Crippen LogP) is 2.48. The van der Waals surface area contributed by atoms with Gasteiger partial charge in [0.1, 0.15) is 0 Å². The number of halogens is 3. The van der Waals surface area contributed by atoms with Gasteiger partial charge in [0.05, 0.1) is 17.1 Å². The number of amides is 1. The van der Waals surface area contributed by atoms with E-state index in [9.17, 15) is 22.8 Å². The van der Waals surface area contributed by atoms with Crippen LogP contribution in [0.5, 0.6) is 0 Å². The van der Waals surface area contributed by atoms with E-state index in [0.717, 1.165) is 23.9 Å². The van der Waals surface area contributed by atoms with Gasteiger partial charge in [0.15, 0.2) is 0 Å². The third-order valence-electron chi connectivity index (χ3n) is 2.58. The summed E-state index contributed by atoms with van der Waals surface area (Å²) in [7, 11) is 1.52. The van der Waals surface area contributed by atoms with Crippen LogP contribution in [0.15, 0.2) is 24.3 Å². The third kappa shape index (κ3) is 6.07. The Morgan fingerprint density at radius 1 is 1.19 bits per heavy atom. The van der Waals surface area contributed by atoms with Gasteiger partial charge in [-0.05, 0) is 17.7 Å². The molecule has 0 bridgehead atoms. The summed E-state index contributed by atoms with van der Waals surface area (Å²) in [5.74, 6) is -1.43. The molecule has 21 heavy (non-hydrogen) atoms. The summed E-state index contributed by atoms with van der Waals surface area (Å²) in [4.78, 5) is 23.3. The van der Waals surface area contributed by atoms with Crippen LogP contribution in [0.2, 0.25) is 0 Å². The molecule has 4 nitrogen and oxygen atoms in total. The summed E-state index contributed by atoms with van der Waals surface area (Å²) < 4.78 is 37.2. The summed E-state index contributed by atoms with van der Waals surface area (Å²) in [6.45, 7) is 0.171. The normalized spacial score (nSPS) is 11.2. The van der Waals surface area contributed by atoms with Crippen LogP contribution in [0.3, 0.4) is 0 Å². The number of thioether (sulfide) groups is 1. The fourth-order valence-electron chi connectivity index (χ4n) is 1.50. The van der Waals surface area contributed by atoms with Crippen molar-refractivity contribution in [2.24, 2.45) is 0 Å². The summed E-state index contributed by atoms with van der Waals surface area (Å²) in [6, 6.07) is 4.56. The second kappa shape index (κ2) is 7.35. The van der Waals surface area contributed by atoms with Crippen LogP contribution >= 0.6 is 11.8 Å². The Labute approximate surface area is 123 Å². The predicted molar refractivity (Wildman–Crippen MR) is 72.9 cm³/mol. The number of carbonyl (C=O) groups excluding carboxylic acids is 1. The van der Waals surface area contributed by atoms with E-state index in [1.807, 2.05) is 0 Å². The zero-order valence-electron chi connectivity index (χ0n) is 11.2.